The Morgan fingerprint density at radius 2 is 1.81 bits per heavy atom. The van der Waals surface area contributed by atoms with Gasteiger partial charge in [0.25, 0.3) is 0 Å². The third-order valence-electron chi connectivity index (χ3n) is 3.47. The number of anilines is 1. The van der Waals surface area contributed by atoms with Crippen molar-refractivity contribution in [1.29, 1.82) is 0 Å². The van der Waals surface area contributed by atoms with E-state index in [0.29, 0.717) is 24.8 Å². The Morgan fingerprint density at radius 1 is 1.07 bits per heavy atom. The molecular weight excluding hydrogens is 349 g/mol. The van der Waals surface area contributed by atoms with E-state index in [1.807, 2.05) is 24.3 Å². The Hall–Kier alpha value is -3.09. The predicted molar refractivity (Wildman–Crippen MR) is 102 cm³/mol. The van der Waals surface area contributed by atoms with Gasteiger partial charge >= 0.3 is 6.03 Å². The van der Waals surface area contributed by atoms with E-state index in [1.165, 1.54) is 24.3 Å². The summed E-state index contributed by atoms with van der Waals surface area (Å²) in [5.41, 5.74) is 1.35. The number of carbonyl (C=O) groups excluding carboxylic acids is 2. The largest absolute Gasteiger partial charge is 0.493 e. The fourth-order valence-corrected chi connectivity index (χ4v) is 2.15. The summed E-state index contributed by atoms with van der Waals surface area (Å²) in [7, 11) is 0. The highest BCUT2D eigenvalue weighted by molar-refractivity contribution is 5.94. The molecule has 2 aromatic carbocycles. The number of benzene rings is 2. The van der Waals surface area contributed by atoms with Crippen LogP contribution in [0.3, 0.4) is 0 Å². The molecule has 0 spiro atoms. The molecule has 3 amide bonds. The van der Waals surface area contributed by atoms with Crippen LogP contribution in [0, 0.1) is 11.7 Å². The molecule has 0 saturated carbocycles. The zero-order valence-electron chi connectivity index (χ0n) is 15.4. The number of halogens is 1. The summed E-state index contributed by atoms with van der Waals surface area (Å²) in [6.07, 6.45) is 0. The van der Waals surface area contributed by atoms with Crippen LogP contribution < -0.4 is 20.7 Å². The Labute approximate surface area is 158 Å². The van der Waals surface area contributed by atoms with Gasteiger partial charge in [-0.2, -0.15) is 0 Å². The lowest BCUT2D eigenvalue weighted by Crippen LogP contribution is -2.39. The summed E-state index contributed by atoms with van der Waals surface area (Å²) in [6, 6.07) is 12.4. The van der Waals surface area contributed by atoms with Crippen LogP contribution in [-0.2, 0) is 11.3 Å². The van der Waals surface area contributed by atoms with Gasteiger partial charge < -0.3 is 20.7 Å². The van der Waals surface area contributed by atoms with Crippen molar-refractivity contribution in [3.05, 3.63) is 59.9 Å². The molecule has 27 heavy (non-hydrogen) atoms. The Kier molecular flexibility index (Phi) is 7.61. The lowest BCUT2D eigenvalue weighted by Gasteiger charge is -2.11. The zero-order valence-corrected chi connectivity index (χ0v) is 15.4. The van der Waals surface area contributed by atoms with Gasteiger partial charge in [0.05, 0.1) is 13.2 Å². The molecule has 0 atom stereocenters. The van der Waals surface area contributed by atoms with Crippen molar-refractivity contribution in [2.75, 3.05) is 18.5 Å². The van der Waals surface area contributed by atoms with Crippen molar-refractivity contribution in [2.45, 2.75) is 20.4 Å². The molecule has 144 valence electrons. The summed E-state index contributed by atoms with van der Waals surface area (Å²) >= 11 is 0. The number of rotatable bonds is 8. The maximum atomic E-state index is 12.8. The minimum Gasteiger partial charge on any atom is -0.493 e. The fraction of sp³-hybridized carbons (Fsp3) is 0.300. The van der Waals surface area contributed by atoms with Crippen molar-refractivity contribution < 1.29 is 18.7 Å². The van der Waals surface area contributed by atoms with Crippen LogP contribution in [0.25, 0.3) is 0 Å². The zero-order chi connectivity index (χ0) is 19.6. The van der Waals surface area contributed by atoms with Gasteiger partial charge in [0.1, 0.15) is 11.6 Å². The number of urea groups is 1. The summed E-state index contributed by atoms with van der Waals surface area (Å²) in [5.74, 6) is 0.394. The third kappa shape index (κ3) is 7.77. The van der Waals surface area contributed by atoms with E-state index >= 15 is 0 Å². The second-order valence-electron chi connectivity index (χ2n) is 6.44. The number of nitrogens with one attached hydrogen (secondary N) is 3. The van der Waals surface area contributed by atoms with Gasteiger partial charge in [-0.1, -0.05) is 26.0 Å². The van der Waals surface area contributed by atoms with Gasteiger partial charge in [0.15, 0.2) is 0 Å². The number of hydrogen-bond acceptors (Lipinski definition) is 3. The first-order valence-electron chi connectivity index (χ1n) is 8.71. The van der Waals surface area contributed by atoms with Gasteiger partial charge in [-0.25, -0.2) is 9.18 Å². The number of amides is 3. The van der Waals surface area contributed by atoms with Crippen LogP contribution in [0.4, 0.5) is 14.9 Å². The van der Waals surface area contributed by atoms with Crippen LogP contribution in [0.5, 0.6) is 5.75 Å². The number of carbonyl (C=O) groups is 2. The molecular formula is C20H24FN3O3. The molecule has 0 aliphatic heterocycles. The topological polar surface area (TPSA) is 79.5 Å². The van der Waals surface area contributed by atoms with Crippen molar-refractivity contribution in [1.82, 2.24) is 10.6 Å². The summed E-state index contributed by atoms with van der Waals surface area (Å²) < 4.78 is 18.5. The van der Waals surface area contributed by atoms with E-state index in [1.54, 1.807) is 0 Å². The average Bonchev–Trinajstić information content (AvgIpc) is 2.65. The Balaban J connectivity index is 1.72. The summed E-state index contributed by atoms with van der Waals surface area (Å²) in [6.45, 7) is 4.88. The first-order chi connectivity index (χ1) is 12.9. The molecule has 0 heterocycles. The van der Waals surface area contributed by atoms with E-state index in [0.717, 1.165) is 11.3 Å². The highest BCUT2D eigenvalue weighted by atomic mass is 19.1. The summed E-state index contributed by atoms with van der Waals surface area (Å²) in [4.78, 5) is 23.6. The normalized spacial score (nSPS) is 10.4. The van der Waals surface area contributed by atoms with E-state index in [2.05, 4.69) is 29.8 Å². The van der Waals surface area contributed by atoms with Crippen molar-refractivity contribution in [3.63, 3.8) is 0 Å². The maximum absolute atomic E-state index is 12.8. The Bertz CT molecular complexity index is 763. The first-order valence-corrected chi connectivity index (χ1v) is 8.71. The molecule has 0 aliphatic rings. The smallest absolute Gasteiger partial charge is 0.315 e. The lowest BCUT2D eigenvalue weighted by atomic mass is 10.2. The highest BCUT2D eigenvalue weighted by Gasteiger charge is 2.06. The van der Waals surface area contributed by atoms with Crippen LogP contribution in [0.15, 0.2) is 48.5 Å². The van der Waals surface area contributed by atoms with Gasteiger partial charge in [-0.05, 0) is 47.9 Å². The van der Waals surface area contributed by atoms with Crippen LogP contribution >= 0.6 is 0 Å². The second-order valence-corrected chi connectivity index (χ2v) is 6.44. The van der Waals surface area contributed by atoms with Crippen molar-refractivity contribution >= 4 is 17.6 Å². The third-order valence-corrected chi connectivity index (χ3v) is 3.47. The molecule has 0 radical (unpaired) electrons. The van der Waals surface area contributed by atoms with Gasteiger partial charge in [0, 0.05) is 12.2 Å². The van der Waals surface area contributed by atoms with E-state index < -0.39 is 11.9 Å². The molecule has 0 unspecified atom stereocenters. The quantitative estimate of drug-likeness (QED) is 0.664. The van der Waals surface area contributed by atoms with Crippen molar-refractivity contribution in [2.24, 2.45) is 5.92 Å². The van der Waals surface area contributed by atoms with E-state index in [-0.39, 0.29) is 12.4 Å². The highest BCUT2D eigenvalue weighted by Crippen LogP contribution is 2.14. The summed E-state index contributed by atoms with van der Waals surface area (Å²) in [5, 5.41) is 7.72. The SMILES string of the molecule is CC(C)COc1cccc(CNC(=O)NCC(=O)Nc2ccc(F)cc2)c1. The molecule has 6 nitrogen and oxygen atoms in total. The van der Waals surface area contributed by atoms with E-state index in [4.69, 9.17) is 4.74 Å². The van der Waals surface area contributed by atoms with Crippen LogP contribution in [0.2, 0.25) is 0 Å². The molecule has 0 aromatic heterocycles. The number of hydrogen-bond donors (Lipinski definition) is 3. The van der Waals surface area contributed by atoms with Gasteiger partial charge in [0.2, 0.25) is 5.91 Å². The molecule has 2 aromatic rings. The molecule has 0 aliphatic carbocycles. The van der Waals surface area contributed by atoms with Gasteiger partial charge in [-0.3, -0.25) is 4.79 Å². The van der Waals surface area contributed by atoms with Crippen molar-refractivity contribution in [3.8, 4) is 5.75 Å². The molecule has 0 saturated heterocycles. The Morgan fingerprint density at radius 3 is 2.52 bits per heavy atom. The second kappa shape index (κ2) is 10.2. The number of ether oxygens (including phenoxy) is 1. The monoisotopic (exact) mass is 373 g/mol. The predicted octanol–water partition coefficient (Wildman–Crippen LogP) is 3.30. The molecule has 7 heteroatoms. The molecule has 0 bridgehead atoms. The minimum absolute atomic E-state index is 0.194. The average molecular weight is 373 g/mol. The van der Waals surface area contributed by atoms with Gasteiger partial charge in [-0.15, -0.1) is 0 Å². The standard InChI is InChI=1S/C20H24FN3O3/c1-14(2)13-27-18-5-3-4-15(10-18)11-22-20(26)23-12-19(25)24-17-8-6-16(21)7-9-17/h3-10,14H,11-13H2,1-2H3,(H,24,25)(H2,22,23,26). The molecule has 3 N–H and O–H groups in total. The fourth-order valence-electron chi connectivity index (χ4n) is 2.15. The van der Waals surface area contributed by atoms with E-state index in [9.17, 15) is 14.0 Å². The lowest BCUT2D eigenvalue weighted by molar-refractivity contribution is -0.115. The van der Waals surface area contributed by atoms with Crippen LogP contribution in [0.1, 0.15) is 19.4 Å². The molecule has 0 fully saturated rings. The maximum Gasteiger partial charge on any atom is 0.315 e. The molecule has 2 rings (SSSR count). The van der Waals surface area contributed by atoms with Crippen LogP contribution in [-0.4, -0.2) is 25.1 Å². The first kappa shape index (κ1) is 20.2. The minimum atomic E-state index is -0.460.